The summed E-state index contributed by atoms with van der Waals surface area (Å²) in [6.07, 6.45) is -14.8. The third kappa shape index (κ3) is 7.84. The number of hydrogen-bond donors (Lipinski definition) is 2. The Morgan fingerprint density at radius 3 is 1.61 bits per heavy atom. The fourth-order valence-corrected chi connectivity index (χ4v) is 3.42. The molecule has 3 rings (SSSR count). The Hall–Kier alpha value is -4.88. The van der Waals surface area contributed by atoms with Crippen LogP contribution >= 0.6 is 0 Å². The molecule has 0 spiro atoms. The van der Waals surface area contributed by atoms with Gasteiger partial charge in [-0.15, -0.1) is 0 Å². The zero-order valence-electron chi connectivity index (χ0n) is 20.7. The number of benzene rings is 3. The molecule has 0 heterocycles. The number of alkyl halides is 6. The largest absolute Gasteiger partial charge is 0.478 e. The van der Waals surface area contributed by atoms with Crippen molar-refractivity contribution in [3.63, 3.8) is 0 Å². The van der Waals surface area contributed by atoms with Crippen molar-refractivity contribution in [3.05, 3.63) is 101 Å². The van der Waals surface area contributed by atoms with Gasteiger partial charge in [-0.1, -0.05) is 30.3 Å². The number of carboxylic acid groups (broad SMARTS) is 1. The van der Waals surface area contributed by atoms with Crippen LogP contribution in [0.2, 0.25) is 0 Å². The predicted molar refractivity (Wildman–Crippen MR) is 129 cm³/mol. The van der Waals surface area contributed by atoms with Crippen LogP contribution in [0.1, 0.15) is 37.4 Å². The van der Waals surface area contributed by atoms with Gasteiger partial charge in [0.1, 0.15) is 0 Å². The zero-order chi connectivity index (χ0) is 30.5. The van der Waals surface area contributed by atoms with Gasteiger partial charge in [0.2, 0.25) is 12.2 Å². The summed E-state index contributed by atoms with van der Waals surface area (Å²) in [7, 11) is 0. The van der Waals surface area contributed by atoms with Gasteiger partial charge < -0.3 is 19.9 Å². The van der Waals surface area contributed by atoms with Gasteiger partial charge in [-0.3, -0.25) is 4.79 Å². The van der Waals surface area contributed by atoms with E-state index in [0.717, 1.165) is 24.3 Å². The molecule has 0 aliphatic rings. The van der Waals surface area contributed by atoms with Crippen molar-refractivity contribution in [2.75, 3.05) is 5.32 Å². The Balaban J connectivity index is 1.98. The molecular weight excluding hydrogens is 564 g/mol. The number of anilines is 1. The minimum absolute atomic E-state index is 0.117. The standard InChI is InChI=1S/C27H19F6NO7/c1-14-6-2-3-11-19(14)34-22(35)20(40-24(38)15-7-4-9-17(12-15)26(28,29)30)21(23(36)37)41-25(39)16-8-5-10-18(13-16)27(31,32)33/h2-13,20-21H,1H3,(H,34,35)(H,36,37)/t20-,21-/m1/s1. The monoisotopic (exact) mass is 583 g/mol. The summed E-state index contributed by atoms with van der Waals surface area (Å²) in [6.45, 7) is 1.56. The van der Waals surface area contributed by atoms with Crippen molar-refractivity contribution in [2.24, 2.45) is 0 Å². The van der Waals surface area contributed by atoms with E-state index < -0.39 is 70.6 Å². The number of halogens is 6. The van der Waals surface area contributed by atoms with E-state index in [2.05, 4.69) is 5.32 Å². The van der Waals surface area contributed by atoms with Gasteiger partial charge in [0.25, 0.3) is 5.91 Å². The summed E-state index contributed by atoms with van der Waals surface area (Å²) >= 11 is 0. The van der Waals surface area contributed by atoms with E-state index in [1.54, 1.807) is 19.1 Å². The molecule has 0 aromatic heterocycles. The lowest BCUT2D eigenvalue weighted by Crippen LogP contribution is -2.48. The van der Waals surface area contributed by atoms with Crippen LogP contribution < -0.4 is 5.32 Å². The summed E-state index contributed by atoms with van der Waals surface area (Å²) in [4.78, 5) is 50.6. The topological polar surface area (TPSA) is 119 Å². The van der Waals surface area contributed by atoms with Crippen LogP contribution in [0, 0.1) is 6.92 Å². The lowest BCUT2D eigenvalue weighted by Gasteiger charge is -2.24. The second-order valence-electron chi connectivity index (χ2n) is 8.45. The first-order chi connectivity index (χ1) is 19.1. The van der Waals surface area contributed by atoms with Crippen LogP contribution in [-0.2, 0) is 31.4 Å². The number of hydrogen-bond acceptors (Lipinski definition) is 6. The zero-order valence-corrected chi connectivity index (χ0v) is 20.7. The van der Waals surface area contributed by atoms with E-state index in [4.69, 9.17) is 9.47 Å². The smallest absolute Gasteiger partial charge is 0.416 e. The summed E-state index contributed by atoms with van der Waals surface area (Å²) in [6, 6.07) is 11.6. The highest BCUT2D eigenvalue weighted by molar-refractivity contribution is 6.01. The first-order valence-corrected chi connectivity index (χ1v) is 11.4. The van der Waals surface area contributed by atoms with E-state index in [-0.39, 0.29) is 5.69 Å². The summed E-state index contributed by atoms with van der Waals surface area (Å²) in [5.41, 5.74) is -3.39. The van der Waals surface area contributed by atoms with E-state index >= 15 is 0 Å². The SMILES string of the molecule is Cc1ccccc1NC(=O)[C@H](OC(=O)c1cccc(C(F)(F)F)c1)[C@@H](OC(=O)c1cccc(C(F)(F)F)c1)C(=O)O. The number of para-hydroxylation sites is 1. The Bertz CT molecular complexity index is 1470. The number of aliphatic carboxylic acids is 1. The normalized spacial score (nSPS) is 13.0. The molecule has 0 fully saturated rings. The Kier molecular flexibility index (Phi) is 9.05. The molecule has 0 bridgehead atoms. The first kappa shape index (κ1) is 30.7. The van der Waals surface area contributed by atoms with Gasteiger partial charge in [0.15, 0.2) is 0 Å². The molecule has 3 aromatic rings. The molecule has 3 aromatic carbocycles. The van der Waals surface area contributed by atoms with Gasteiger partial charge in [-0.2, -0.15) is 26.3 Å². The molecule has 0 aliphatic heterocycles. The number of nitrogens with one attached hydrogen (secondary N) is 1. The maximum absolute atomic E-state index is 13.1. The van der Waals surface area contributed by atoms with Crippen LogP contribution in [0.15, 0.2) is 72.8 Å². The second kappa shape index (κ2) is 12.1. The van der Waals surface area contributed by atoms with Crippen molar-refractivity contribution in [3.8, 4) is 0 Å². The van der Waals surface area contributed by atoms with Crippen LogP contribution in [0.25, 0.3) is 0 Å². The first-order valence-electron chi connectivity index (χ1n) is 11.4. The minimum Gasteiger partial charge on any atom is -0.478 e. The number of aryl methyl sites for hydroxylation is 1. The Morgan fingerprint density at radius 1 is 0.707 bits per heavy atom. The second-order valence-corrected chi connectivity index (χ2v) is 8.45. The molecule has 0 radical (unpaired) electrons. The summed E-state index contributed by atoms with van der Waals surface area (Å²) in [5.74, 6) is -6.61. The molecule has 0 unspecified atom stereocenters. The molecular formula is C27H19F6NO7. The molecule has 2 atom stereocenters. The van der Waals surface area contributed by atoms with Crippen LogP contribution in [0.4, 0.5) is 32.0 Å². The quantitative estimate of drug-likeness (QED) is 0.265. The van der Waals surface area contributed by atoms with Gasteiger partial charge in [0, 0.05) is 5.69 Å². The highest BCUT2D eigenvalue weighted by atomic mass is 19.4. The van der Waals surface area contributed by atoms with Crippen molar-refractivity contribution < 1.29 is 60.1 Å². The average Bonchev–Trinajstić information content (AvgIpc) is 2.90. The Morgan fingerprint density at radius 2 is 1.17 bits per heavy atom. The van der Waals surface area contributed by atoms with Crippen LogP contribution in [0.3, 0.4) is 0 Å². The fraction of sp³-hybridized carbons (Fsp3) is 0.185. The molecule has 2 N–H and O–H groups in total. The van der Waals surface area contributed by atoms with Crippen LogP contribution in [-0.4, -0.2) is 41.1 Å². The van der Waals surface area contributed by atoms with Crippen LogP contribution in [0.5, 0.6) is 0 Å². The van der Waals surface area contributed by atoms with Crippen molar-refractivity contribution in [2.45, 2.75) is 31.5 Å². The van der Waals surface area contributed by atoms with Crippen molar-refractivity contribution in [1.29, 1.82) is 0 Å². The number of carboxylic acids is 1. The maximum Gasteiger partial charge on any atom is 0.416 e. The fourth-order valence-electron chi connectivity index (χ4n) is 3.42. The van der Waals surface area contributed by atoms with E-state index in [0.29, 0.717) is 29.8 Å². The lowest BCUT2D eigenvalue weighted by atomic mass is 10.1. The summed E-state index contributed by atoms with van der Waals surface area (Å²) in [5, 5.41) is 12.0. The molecule has 41 heavy (non-hydrogen) atoms. The van der Waals surface area contributed by atoms with Gasteiger partial charge >= 0.3 is 30.3 Å². The van der Waals surface area contributed by atoms with E-state index in [9.17, 15) is 50.6 Å². The van der Waals surface area contributed by atoms with E-state index in [1.807, 2.05) is 0 Å². The number of carbonyl (C=O) groups is 4. The molecule has 0 aliphatic carbocycles. The highest BCUT2D eigenvalue weighted by Gasteiger charge is 2.42. The third-order valence-electron chi connectivity index (χ3n) is 5.50. The molecule has 1 amide bonds. The highest BCUT2D eigenvalue weighted by Crippen LogP contribution is 2.31. The molecule has 14 heteroatoms. The number of rotatable bonds is 8. The number of ether oxygens (including phenoxy) is 2. The minimum atomic E-state index is -4.86. The average molecular weight is 583 g/mol. The maximum atomic E-state index is 13.1. The molecule has 0 saturated heterocycles. The number of carbonyl (C=O) groups excluding carboxylic acids is 3. The molecule has 216 valence electrons. The molecule has 8 nitrogen and oxygen atoms in total. The van der Waals surface area contributed by atoms with Gasteiger partial charge in [-0.05, 0) is 55.0 Å². The molecule has 0 saturated carbocycles. The summed E-state index contributed by atoms with van der Waals surface area (Å²) < 4.78 is 88.4. The van der Waals surface area contributed by atoms with E-state index in [1.165, 1.54) is 12.1 Å². The number of amides is 1. The van der Waals surface area contributed by atoms with Crippen molar-refractivity contribution >= 4 is 29.5 Å². The lowest BCUT2D eigenvalue weighted by molar-refractivity contribution is -0.157. The number of esters is 2. The Labute approximate surface area is 227 Å². The predicted octanol–water partition coefficient (Wildman–Crippen LogP) is 5.51. The third-order valence-corrected chi connectivity index (χ3v) is 5.50. The van der Waals surface area contributed by atoms with Gasteiger partial charge in [-0.25, -0.2) is 14.4 Å². The van der Waals surface area contributed by atoms with Gasteiger partial charge in [0.05, 0.1) is 22.3 Å². The van der Waals surface area contributed by atoms with Crippen molar-refractivity contribution in [1.82, 2.24) is 0 Å².